The molecule has 0 atom stereocenters. The molecule has 0 spiro atoms. The number of aryl methyl sites for hydroxylation is 2. The maximum absolute atomic E-state index is 15.8. The zero-order chi connectivity index (χ0) is 33.5. The van der Waals surface area contributed by atoms with Crippen molar-refractivity contribution in [2.24, 2.45) is 0 Å². The Labute approximate surface area is 271 Å². The molecule has 0 fully saturated rings. The molecule has 2 aromatic heterocycles. The van der Waals surface area contributed by atoms with E-state index in [0.717, 1.165) is 38.7 Å². The van der Waals surface area contributed by atoms with Crippen LogP contribution in [0.2, 0.25) is 0 Å². The minimum absolute atomic E-state index is 0.0121. The molecule has 8 heteroatoms. The van der Waals surface area contributed by atoms with Crippen molar-refractivity contribution in [3.63, 3.8) is 0 Å². The number of hydrogen-bond acceptors (Lipinski definition) is 0. The highest BCUT2D eigenvalue weighted by molar-refractivity contribution is 6.11. The zero-order valence-corrected chi connectivity index (χ0v) is 25.7. The van der Waals surface area contributed by atoms with Crippen molar-refractivity contribution in [2.75, 3.05) is 0 Å². The summed E-state index contributed by atoms with van der Waals surface area (Å²) in [6.07, 6.45) is -9.65. The molecule has 238 valence electrons. The Bertz CT molecular complexity index is 2420. The lowest BCUT2D eigenvalue weighted by molar-refractivity contribution is -0.138. The quantitative estimate of drug-likeness (QED) is 0.169. The lowest BCUT2D eigenvalue weighted by Crippen LogP contribution is -2.16. The van der Waals surface area contributed by atoms with Crippen molar-refractivity contribution in [1.29, 1.82) is 0 Å². The molecule has 2 heterocycles. The Morgan fingerprint density at radius 1 is 0.438 bits per heavy atom. The van der Waals surface area contributed by atoms with Crippen LogP contribution in [0.25, 0.3) is 66.1 Å². The lowest BCUT2D eigenvalue weighted by Gasteiger charge is -2.24. The van der Waals surface area contributed by atoms with Gasteiger partial charge in [0.2, 0.25) is 0 Å². The normalized spacial score (nSPS) is 12.6. The van der Waals surface area contributed by atoms with E-state index in [9.17, 15) is 13.2 Å². The van der Waals surface area contributed by atoms with Crippen LogP contribution in [0.1, 0.15) is 22.3 Å². The largest absolute Gasteiger partial charge is 0.420 e. The fraction of sp³-hybridized carbons (Fsp3) is 0.100. The summed E-state index contributed by atoms with van der Waals surface area (Å²) >= 11 is 0. The average Bonchev–Trinajstić information content (AvgIpc) is 3.55. The molecule has 0 unspecified atom stereocenters. The van der Waals surface area contributed by atoms with Gasteiger partial charge in [-0.05, 0) is 78.6 Å². The van der Waals surface area contributed by atoms with Gasteiger partial charge in [0.25, 0.3) is 0 Å². The molecule has 0 bridgehead atoms. The smallest absolute Gasteiger partial charge is 0.309 e. The van der Waals surface area contributed by atoms with Gasteiger partial charge < -0.3 is 9.13 Å². The molecule has 0 aliphatic rings. The number of aromatic nitrogens is 2. The van der Waals surface area contributed by atoms with E-state index in [2.05, 4.69) is 0 Å². The Kier molecular flexibility index (Phi) is 6.54. The van der Waals surface area contributed by atoms with Crippen LogP contribution in [0.4, 0.5) is 26.3 Å². The van der Waals surface area contributed by atoms with Gasteiger partial charge in [-0.2, -0.15) is 26.3 Å². The highest BCUT2D eigenvalue weighted by atomic mass is 19.4. The topological polar surface area (TPSA) is 9.86 Å². The van der Waals surface area contributed by atoms with Gasteiger partial charge in [0.05, 0.1) is 39.0 Å². The molecular weight excluding hydrogens is 622 g/mol. The lowest BCUT2D eigenvalue weighted by atomic mass is 9.95. The number of alkyl halides is 6. The van der Waals surface area contributed by atoms with E-state index in [1.54, 1.807) is 33.4 Å². The molecule has 48 heavy (non-hydrogen) atoms. The van der Waals surface area contributed by atoms with Gasteiger partial charge >= 0.3 is 12.4 Å². The molecule has 2 nitrogen and oxygen atoms in total. The molecular formula is C40H26F6N2. The van der Waals surface area contributed by atoms with Gasteiger partial charge in [0, 0.05) is 21.5 Å². The van der Waals surface area contributed by atoms with Gasteiger partial charge in [-0.25, -0.2) is 0 Å². The van der Waals surface area contributed by atoms with Crippen molar-refractivity contribution in [3.05, 3.63) is 144 Å². The molecule has 0 aliphatic carbocycles. The number of hydrogen-bond donors (Lipinski definition) is 0. The second-order valence-corrected chi connectivity index (χ2v) is 12.2. The monoisotopic (exact) mass is 648 g/mol. The third kappa shape index (κ3) is 4.58. The molecule has 0 saturated carbocycles. The Morgan fingerprint density at radius 3 is 1.35 bits per heavy atom. The molecule has 8 rings (SSSR count). The summed E-state index contributed by atoms with van der Waals surface area (Å²) in [6, 6.07) is 33.0. The van der Waals surface area contributed by atoms with Crippen molar-refractivity contribution < 1.29 is 26.3 Å². The van der Waals surface area contributed by atoms with Crippen LogP contribution in [-0.2, 0) is 12.4 Å². The number of nitrogens with zero attached hydrogens (tertiary/aromatic N) is 2. The summed E-state index contributed by atoms with van der Waals surface area (Å²) in [7, 11) is 0. The summed E-state index contributed by atoms with van der Waals surface area (Å²) in [6.45, 7) is 3.71. The van der Waals surface area contributed by atoms with Gasteiger partial charge in [-0.3, -0.25) is 0 Å². The number of halogens is 6. The third-order valence-electron chi connectivity index (χ3n) is 9.06. The molecule has 0 saturated heterocycles. The van der Waals surface area contributed by atoms with Crippen LogP contribution in [-0.4, -0.2) is 9.13 Å². The van der Waals surface area contributed by atoms with E-state index in [1.165, 1.54) is 30.3 Å². The minimum atomic E-state index is -4.91. The summed E-state index contributed by atoms with van der Waals surface area (Å²) in [5.74, 6) is 0. The van der Waals surface area contributed by atoms with Crippen LogP contribution in [0, 0.1) is 13.8 Å². The number of benzene rings is 6. The first-order valence-corrected chi connectivity index (χ1v) is 15.3. The van der Waals surface area contributed by atoms with Crippen LogP contribution in [0.5, 0.6) is 0 Å². The molecule has 0 N–H and O–H groups in total. The Hall–Kier alpha value is -5.50. The van der Waals surface area contributed by atoms with Gasteiger partial charge in [0.1, 0.15) is 5.56 Å². The first-order valence-electron chi connectivity index (χ1n) is 15.3. The number of para-hydroxylation sites is 2. The molecule has 0 aliphatic heterocycles. The predicted octanol–water partition coefficient (Wildman–Crippen LogP) is 12.2. The maximum atomic E-state index is 15.8. The summed E-state index contributed by atoms with van der Waals surface area (Å²) < 4.78 is 94.1. The van der Waals surface area contributed by atoms with E-state index in [-0.39, 0.29) is 22.5 Å². The van der Waals surface area contributed by atoms with Crippen LogP contribution in [0.3, 0.4) is 0 Å². The minimum Gasteiger partial charge on any atom is -0.309 e. The van der Waals surface area contributed by atoms with Crippen LogP contribution < -0.4 is 0 Å². The molecule has 8 aromatic rings. The van der Waals surface area contributed by atoms with Crippen molar-refractivity contribution in [2.45, 2.75) is 26.2 Å². The molecule has 6 aromatic carbocycles. The van der Waals surface area contributed by atoms with Crippen LogP contribution >= 0.6 is 0 Å². The first kappa shape index (κ1) is 29.9. The Morgan fingerprint density at radius 2 is 0.875 bits per heavy atom. The summed E-state index contributed by atoms with van der Waals surface area (Å²) in [5, 5.41) is 2.94. The average molecular weight is 649 g/mol. The standard InChI is InChI=1S/C40H26F6N2/c1-23-15-17-29-27-10-4-7-13-32(27)47(34(29)19-23)36-21-25(26-9-3-6-12-31(26)39(41,42)43)22-37(38(36)40(44,45)46)48-33-14-8-5-11-28(33)30-18-16-24(2)20-35(30)48/h3-22H,1-2H3. The highest BCUT2D eigenvalue weighted by Gasteiger charge is 2.40. The van der Waals surface area contributed by atoms with E-state index in [0.29, 0.717) is 22.1 Å². The summed E-state index contributed by atoms with van der Waals surface area (Å²) in [4.78, 5) is 0. The second-order valence-electron chi connectivity index (χ2n) is 12.2. The fourth-order valence-electron chi connectivity index (χ4n) is 7.07. The third-order valence-corrected chi connectivity index (χ3v) is 9.06. The van der Waals surface area contributed by atoms with Gasteiger partial charge in [-0.1, -0.05) is 78.9 Å². The highest BCUT2D eigenvalue weighted by Crippen LogP contribution is 2.47. The van der Waals surface area contributed by atoms with Crippen LogP contribution in [0.15, 0.2) is 121 Å². The molecule has 0 radical (unpaired) electrons. The van der Waals surface area contributed by atoms with E-state index in [4.69, 9.17) is 0 Å². The van der Waals surface area contributed by atoms with E-state index < -0.39 is 23.5 Å². The number of rotatable bonds is 3. The summed E-state index contributed by atoms with van der Waals surface area (Å²) in [5.41, 5.74) is 1.11. The van der Waals surface area contributed by atoms with Crippen molar-refractivity contribution >= 4 is 43.6 Å². The van der Waals surface area contributed by atoms with Crippen molar-refractivity contribution in [3.8, 4) is 22.5 Å². The van der Waals surface area contributed by atoms with Gasteiger partial charge in [-0.15, -0.1) is 0 Å². The SMILES string of the molecule is Cc1ccc2c3ccccc3n(-c3cc(-c4ccccc4C(F)(F)F)cc(-n4c5ccccc5c5ccc(C)cc54)c3C(F)(F)F)c2c1. The van der Waals surface area contributed by atoms with Crippen molar-refractivity contribution in [1.82, 2.24) is 9.13 Å². The van der Waals surface area contributed by atoms with E-state index in [1.807, 2.05) is 74.5 Å². The maximum Gasteiger partial charge on any atom is 0.420 e. The molecule has 0 amide bonds. The van der Waals surface area contributed by atoms with Gasteiger partial charge in [0.15, 0.2) is 0 Å². The number of fused-ring (bicyclic) bond motifs is 6. The first-order chi connectivity index (χ1) is 22.9. The second kappa shape index (κ2) is 10.5. The zero-order valence-electron chi connectivity index (χ0n) is 25.7. The predicted molar refractivity (Wildman–Crippen MR) is 180 cm³/mol. The van der Waals surface area contributed by atoms with E-state index >= 15 is 13.2 Å². The Balaban J connectivity index is 1.63. The fourth-order valence-corrected chi connectivity index (χ4v) is 7.07.